The topological polar surface area (TPSA) is 77.2 Å². The molecule has 1 aliphatic rings. The number of nitriles is 1. The molecule has 1 aromatic carbocycles. The van der Waals surface area contributed by atoms with Crippen molar-refractivity contribution in [3.8, 4) is 6.07 Å². The molecule has 1 fully saturated rings. The Morgan fingerprint density at radius 2 is 1.87 bits per heavy atom. The molecule has 0 atom stereocenters. The number of rotatable bonds is 9. The molecule has 3 rings (SSSR count). The van der Waals surface area contributed by atoms with Gasteiger partial charge in [0.2, 0.25) is 5.91 Å². The fourth-order valence-corrected chi connectivity index (χ4v) is 4.02. The summed E-state index contributed by atoms with van der Waals surface area (Å²) < 4.78 is 1.88. The van der Waals surface area contributed by atoms with E-state index in [1.807, 2.05) is 24.6 Å². The van der Waals surface area contributed by atoms with E-state index in [1.54, 1.807) is 0 Å². The molecule has 1 aromatic heterocycles. The SMILES string of the molecule is Cc1nn(CCC#N)c(C)c1CCC(=O)NCCN1CCN(c2ccccc2)CC1. The zero-order chi connectivity index (χ0) is 21.3. The Bertz CT molecular complexity index is 862. The number of nitrogens with one attached hydrogen (secondary N) is 1. The molecule has 1 N–H and O–H groups in total. The molecule has 1 saturated heterocycles. The molecule has 2 heterocycles. The van der Waals surface area contributed by atoms with Gasteiger partial charge in [-0.2, -0.15) is 10.4 Å². The minimum atomic E-state index is 0.0847. The Morgan fingerprint density at radius 1 is 1.13 bits per heavy atom. The summed E-state index contributed by atoms with van der Waals surface area (Å²) in [4.78, 5) is 17.1. The van der Waals surface area contributed by atoms with E-state index < -0.39 is 0 Å². The normalized spacial score (nSPS) is 14.5. The number of piperazine rings is 1. The molecule has 0 aliphatic carbocycles. The summed E-state index contributed by atoms with van der Waals surface area (Å²) in [6.07, 6.45) is 1.60. The summed E-state index contributed by atoms with van der Waals surface area (Å²) in [7, 11) is 0. The van der Waals surface area contributed by atoms with Crippen LogP contribution in [0.1, 0.15) is 29.8 Å². The number of carbonyl (C=O) groups excluding carboxylic acids is 1. The number of hydrogen-bond donors (Lipinski definition) is 1. The van der Waals surface area contributed by atoms with Crippen molar-refractivity contribution in [1.82, 2.24) is 20.0 Å². The van der Waals surface area contributed by atoms with Crippen molar-refractivity contribution in [2.24, 2.45) is 0 Å². The van der Waals surface area contributed by atoms with E-state index >= 15 is 0 Å². The van der Waals surface area contributed by atoms with Crippen LogP contribution in [0.15, 0.2) is 30.3 Å². The minimum absolute atomic E-state index is 0.0847. The predicted octanol–water partition coefficient (Wildman–Crippen LogP) is 2.28. The van der Waals surface area contributed by atoms with Crippen molar-refractivity contribution in [3.63, 3.8) is 0 Å². The van der Waals surface area contributed by atoms with Gasteiger partial charge >= 0.3 is 0 Å². The van der Waals surface area contributed by atoms with Gasteiger partial charge in [-0.1, -0.05) is 18.2 Å². The third-order valence-corrected chi connectivity index (χ3v) is 5.81. The highest BCUT2D eigenvalue weighted by molar-refractivity contribution is 5.76. The van der Waals surface area contributed by atoms with Crippen molar-refractivity contribution in [2.45, 2.75) is 39.7 Å². The van der Waals surface area contributed by atoms with Crippen molar-refractivity contribution in [3.05, 3.63) is 47.3 Å². The Hall–Kier alpha value is -2.85. The van der Waals surface area contributed by atoms with Crippen LogP contribution in [0.2, 0.25) is 0 Å². The standard InChI is InChI=1S/C23H32N6O/c1-19-22(20(2)29(26-19)13-6-11-24)9-10-23(30)25-12-14-27-15-17-28(18-16-27)21-7-4-3-5-8-21/h3-5,7-8H,6,9-10,12-18H2,1-2H3,(H,25,30). The number of aromatic nitrogens is 2. The number of amides is 1. The van der Waals surface area contributed by atoms with Crippen LogP contribution in [0, 0.1) is 25.2 Å². The zero-order valence-corrected chi connectivity index (χ0v) is 18.1. The van der Waals surface area contributed by atoms with Crippen LogP contribution in [-0.4, -0.2) is 59.9 Å². The lowest BCUT2D eigenvalue weighted by Gasteiger charge is -2.36. The Labute approximate surface area is 179 Å². The molecule has 160 valence electrons. The van der Waals surface area contributed by atoms with Crippen molar-refractivity contribution in [2.75, 3.05) is 44.2 Å². The molecule has 2 aromatic rings. The maximum Gasteiger partial charge on any atom is 0.220 e. The van der Waals surface area contributed by atoms with Gasteiger partial charge in [-0.15, -0.1) is 0 Å². The molecular weight excluding hydrogens is 376 g/mol. The molecular formula is C23H32N6O. The highest BCUT2D eigenvalue weighted by atomic mass is 16.1. The number of benzene rings is 1. The number of para-hydroxylation sites is 1. The Morgan fingerprint density at radius 3 is 2.57 bits per heavy atom. The lowest BCUT2D eigenvalue weighted by Crippen LogP contribution is -2.48. The molecule has 0 bridgehead atoms. The van der Waals surface area contributed by atoms with E-state index in [0.717, 1.165) is 49.7 Å². The summed E-state index contributed by atoms with van der Waals surface area (Å²) in [6, 6.07) is 12.7. The quantitative estimate of drug-likeness (QED) is 0.689. The first kappa shape index (κ1) is 21.8. The molecule has 30 heavy (non-hydrogen) atoms. The Balaban J connectivity index is 1.35. The number of aryl methyl sites for hydroxylation is 2. The van der Waals surface area contributed by atoms with Gasteiger partial charge in [-0.25, -0.2) is 0 Å². The van der Waals surface area contributed by atoms with Crippen molar-refractivity contribution >= 4 is 11.6 Å². The lowest BCUT2D eigenvalue weighted by molar-refractivity contribution is -0.121. The van der Waals surface area contributed by atoms with E-state index in [9.17, 15) is 4.79 Å². The highest BCUT2D eigenvalue weighted by Gasteiger charge is 2.17. The highest BCUT2D eigenvalue weighted by Crippen LogP contribution is 2.16. The van der Waals surface area contributed by atoms with Crippen molar-refractivity contribution in [1.29, 1.82) is 5.26 Å². The van der Waals surface area contributed by atoms with E-state index in [0.29, 0.717) is 32.4 Å². The average Bonchev–Trinajstić information content (AvgIpc) is 3.04. The largest absolute Gasteiger partial charge is 0.369 e. The van der Waals surface area contributed by atoms with Gasteiger partial charge in [0.15, 0.2) is 0 Å². The first-order valence-electron chi connectivity index (χ1n) is 10.8. The molecule has 7 heteroatoms. The summed E-state index contributed by atoms with van der Waals surface area (Å²) in [5.41, 5.74) is 4.42. The van der Waals surface area contributed by atoms with E-state index in [-0.39, 0.29) is 5.91 Å². The van der Waals surface area contributed by atoms with E-state index in [1.165, 1.54) is 5.69 Å². The maximum absolute atomic E-state index is 12.3. The van der Waals surface area contributed by atoms with Crippen LogP contribution in [-0.2, 0) is 17.8 Å². The van der Waals surface area contributed by atoms with Gasteiger partial charge in [0.05, 0.1) is 24.7 Å². The van der Waals surface area contributed by atoms with Crippen LogP contribution in [0.3, 0.4) is 0 Å². The number of hydrogen-bond acceptors (Lipinski definition) is 5. The van der Waals surface area contributed by atoms with Gasteiger partial charge < -0.3 is 10.2 Å². The van der Waals surface area contributed by atoms with Crippen LogP contribution in [0.5, 0.6) is 0 Å². The van der Waals surface area contributed by atoms with Gasteiger partial charge in [0.25, 0.3) is 0 Å². The van der Waals surface area contributed by atoms with Gasteiger partial charge in [0.1, 0.15) is 0 Å². The molecule has 1 amide bonds. The second-order valence-corrected chi connectivity index (χ2v) is 7.79. The third kappa shape index (κ3) is 5.83. The second kappa shape index (κ2) is 10.8. The second-order valence-electron chi connectivity index (χ2n) is 7.79. The first-order chi connectivity index (χ1) is 14.6. The summed E-state index contributed by atoms with van der Waals surface area (Å²) >= 11 is 0. The number of carbonyl (C=O) groups is 1. The molecule has 0 saturated carbocycles. The van der Waals surface area contributed by atoms with Crippen LogP contribution in [0.25, 0.3) is 0 Å². The molecule has 0 spiro atoms. The van der Waals surface area contributed by atoms with E-state index in [2.05, 4.69) is 50.5 Å². The van der Waals surface area contributed by atoms with Crippen LogP contribution >= 0.6 is 0 Å². The van der Waals surface area contributed by atoms with E-state index in [4.69, 9.17) is 5.26 Å². The van der Waals surface area contributed by atoms with Gasteiger partial charge in [-0.05, 0) is 38.0 Å². The first-order valence-corrected chi connectivity index (χ1v) is 10.8. The molecule has 0 radical (unpaired) electrons. The van der Waals surface area contributed by atoms with Gasteiger partial charge in [0, 0.05) is 57.1 Å². The van der Waals surface area contributed by atoms with Crippen molar-refractivity contribution < 1.29 is 4.79 Å². The summed E-state index contributed by atoms with van der Waals surface area (Å²) in [6.45, 7) is 10.2. The fourth-order valence-electron chi connectivity index (χ4n) is 4.02. The lowest BCUT2D eigenvalue weighted by atomic mass is 10.1. The zero-order valence-electron chi connectivity index (χ0n) is 18.1. The molecule has 1 aliphatic heterocycles. The smallest absolute Gasteiger partial charge is 0.220 e. The number of anilines is 1. The fraction of sp³-hybridized carbons (Fsp3) is 0.522. The maximum atomic E-state index is 12.3. The minimum Gasteiger partial charge on any atom is -0.369 e. The Kier molecular flexibility index (Phi) is 7.86. The average molecular weight is 409 g/mol. The number of nitrogens with zero attached hydrogens (tertiary/aromatic N) is 5. The van der Waals surface area contributed by atoms with Gasteiger partial charge in [-0.3, -0.25) is 14.4 Å². The predicted molar refractivity (Wildman–Crippen MR) is 118 cm³/mol. The summed E-state index contributed by atoms with van der Waals surface area (Å²) in [5, 5.41) is 16.3. The summed E-state index contributed by atoms with van der Waals surface area (Å²) in [5.74, 6) is 0.0847. The van der Waals surface area contributed by atoms with Crippen LogP contribution < -0.4 is 10.2 Å². The third-order valence-electron chi connectivity index (χ3n) is 5.81. The van der Waals surface area contributed by atoms with Crippen LogP contribution in [0.4, 0.5) is 5.69 Å². The molecule has 7 nitrogen and oxygen atoms in total. The molecule has 0 unspecified atom stereocenters. The monoisotopic (exact) mass is 408 g/mol.